The molecular formula is C32H36N2O. The molecule has 0 bridgehead atoms. The lowest BCUT2D eigenvalue weighted by Gasteiger charge is -2.46. The molecule has 1 atom stereocenters. The van der Waals surface area contributed by atoms with E-state index in [0.717, 1.165) is 25.8 Å². The molecule has 3 nitrogen and oxygen atoms in total. The second-order valence-corrected chi connectivity index (χ2v) is 10.8. The molecule has 2 aliphatic heterocycles. The van der Waals surface area contributed by atoms with Gasteiger partial charge in [-0.3, -0.25) is 0 Å². The molecule has 0 saturated carbocycles. The molecule has 3 aromatic rings. The quantitative estimate of drug-likeness (QED) is 0.455. The molecule has 35 heavy (non-hydrogen) atoms. The number of aryl methyl sites for hydroxylation is 1. The van der Waals surface area contributed by atoms with E-state index in [2.05, 4.69) is 70.9 Å². The van der Waals surface area contributed by atoms with Crippen LogP contribution in [-0.4, -0.2) is 31.3 Å². The number of benzene rings is 3. The zero-order chi connectivity index (χ0) is 23.7. The van der Waals surface area contributed by atoms with Crippen molar-refractivity contribution in [2.75, 3.05) is 31.1 Å². The summed E-state index contributed by atoms with van der Waals surface area (Å²) in [6.45, 7) is 4.66. The summed E-state index contributed by atoms with van der Waals surface area (Å²) in [5.41, 5.74) is 9.60. The number of rotatable bonds is 3. The van der Waals surface area contributed by atoms with Gasteiger partial charge in [0.05, 0.1) is 0 Å². The van der Waals surface area contributed by atoms with Gasteiger partial charge in [0.25, 0.3) is 0 Å². The highest BCUT2D eigenvalue weighted by atomic mass is 16.3. The Bertz CT molecular complexity index is 1200. The number of aromatic hydroxyl groups is 1. The fraction of sp³-hybridized carbons (Fsp3) is 0.375. The number of phenolic OH excluding ortho intramolecular Hbond substituents is 1. The van der Waals surface area contributed by atoms with Gasteiger partial charge in [-0.1, -0.05) is 48.5 Å². The monoisotopic (exact) mass is 464 g/mol. The van der Waals surface area contributed by atoms with Crippen molar-refractivity contribution >= 4 is 16.8 Å². The van der Waals surface area contributed by atoms with E-state index < -0.39 is 0 Å². The Hall–Kier alpha value is -3.04. The second-order valence-electron chi connectivity index (χ2n) is 10.8. The first-order chi connectivity index (χ1) is 17.2. The van der Waals surface area contributed by atoms with Crippen LogP contribution >= 0.6 is 0 Å². The van der Waals surface area contributed by atoms with E-state index in [1.165, 1.54) is 84.4 Å². The van der Waals surface area contributed by atoms with Crippen LogP contribution in [0.2, 0.25) is 0 Å². The van der Waals surface area contributed by atoms with E-state index in [9.17, 15) is 5.11 Å². The third-order valence-corrected chi connectivity index (χ3v) is 8.40. The van der Waals surface area contributed by atoms with E-state index in [1.807, 2.05) is 12.1 Å². The number of nitrogens with one attached hydrogen (secondary N) is 1. The van der Waals surface area contributed by atoms with Crippen LogP contribution in [0.4, 0.5) is 5.69 Å². The normalized spacial score (nSPS) is 22.7. The predicted octanol–water partition coefficient (Wildman–Crippen LogP) is 6.66. The molecule has 1 unspecified atom stereocenters. The molecule has 2 N–H and O–H groups in total. The summed E-state index contributed by atoms with van der Waals surface area (Å²) in [6, 6.07) is 26.1. The Morgan fingerprint density at radius 3 is 2.43 bits per heavy atom. The minimum Gasteiger partial charge on any atom is -0.508 e. The van der Waals surface area contributed by atoms with Crippen LogP contribution in [0, 0.1) is 5.41 Å². The van der Waals surface area contributed by atoms with Gasteiger partial charge in [-0.2, -0.15) is 0 Å². The molecule has 0 radical (unpaired) electrons. The number of allylic oxidation sites excluding steroid dienone is 1. The largest absolute Gasteiger partial charge is 0.508 e. The summed E-state index contributed by atoms with van der Waals surface area (Å²) in [7, 11) is 0. The van der Waals surface area contributed by atoms with Gasteiger partial charge in [0.15, 0.2) is 0 Å². The third kappa shape index (κ3) is 4.50. The van der Waals surface area contributed by atoms with Gasteiger partial charge in [0, 0.05) is 30.7 Å². The third-order valence-electron chi connectivity index (χ3n) is 8.40. The van der Waals surface area contributed by atoms with Gasteiger partial charge in [-0.25, -0.2) is 0 Å². The van der Waals surface area contributed by atoms with Crippen molar-refractivity contribution in [1.82, 2.24) is 5.32 Å². The average Bonchev–Trinajstić information content (AvgIpc) is 3.09. The van der Waals surface area contributed by atoms with Crippen LogP contribution in [-0.2, 0) is 6.42 Å². The molecule has 0 amide bonds. The molecule has 180 valence electrons. The summed E-state index contributed by atoms with van der Waals surface area (Å²) >= 11 is 0. The highest BCUT2D eigenvalue weighted by molar-refractivity contribution is 6.00. The number of hydrogen-bond donors (Lipinski definition) is 2. The van der Waals surface area contributed by atoms with E-state index in [1.54, 1.807) is 0 Å². The van der Waals surface area contributed by atoms with Crippen LogP contribution < -0.4 is 10.2 Å². The van der Waals surface area contributed by atoms with Crippen molar-refractivity contribution in [3.63, 3.8) is 0 Å². The maximum atomic E-state index is 10.2. The lowest BCUT2D eigenvalue weighted by atomic mass is 9.74. The molecule has 1 spiro atoms. The van der Waals surface area contributed by atoms with Crippen LogP contribution in [0.5, 0.6) is 5.75 Å². The summed E-state index contributed by atoms with van der Waals surface area (Å²) in [5, 5.41) is 13.8. The summed E-state index contributed by atoms with van der Waals surface area (Å²) in [5.74, 6) is 0.359. The number of anilines is 1. The topological polar surface area (TPSA) is 35.5 Å². The fourth-order valence-corrected chi connectivity index (χ4v) is 6.68. The highest BCUT2D eigenvalue weighted by Gasteiger charge is 2.36. The summed E-state index contributed by atoms with van der Waals surface area (Å²) < 4.78 is 0. The van der Waals surface area contributed by atoms with E-state index in [0.29, 0.717) is 11.2 Å². The Morgan fingerprint density at radius 2 is 1.63 bits per heavy atom. The molecule has 6 rings (SSSR count). The smallest absolute Gasteiger partial charge is 0.115 e. The van der Waals surface area contributed by atoms with E-state index in [4.69, 9.17) is 0 Å². The van der Waals surface area contributed by atoms with Gasteiger partial charge in [-0.05, 0) is 109 Å². The van der Waals surface area contributed by atoms with E-state index in [-0.39, 0.29) is 0 Å². The fourth-order valence-electron chi connectivity index (χ4n) is 6.68. The number of nitrogens with zero attached hydrogens (tertiary/aromatic N) is 1. The zero-order valence-electron chi connectivity index (χ0n) is 20.6. The second kappa shape index (κ2) is 9.54. The van der Waals surface area contributed by atoms with Crippen molar-refractivity contribution in [2.45, 2.75) is 44.9 Å². The van der Waals surface area contributed by atoms with Gasteiger partial charge >= 0.3 is 0 Å². The molecule has 3 aromatic carbocycles. The van der Waals surface area contributed by atoms with Gasteiger partial charge in [-0.15, -0.1) is 0 Å². The van der Waals surface area contributed by atoms with Crippen molar-refractivity contribution < 1.29 is 5.11 Å². The number of phenols is 1. The zero-order valence-corrected chi connectivity index (χ0v) is 20.6. The minimum atomic E-state index is 0.359. The molecule has 3 heteroatoms. The lowest BCUT2D eigenvalue weighted by Crippen LogP contribution is -2.51. The molecule has 2 heterocycles. The molecule has 1 aliphatic carbocycles. The first kappa shape index (κ1) is 22.4. The molecule has 2 saturated heterocycles. The summed E-state index contributed by atoms with van der Waals surface area (Å²) in [6.07, 6.45) is 8.41. The number of fused-ring (bicyclic) bond motifs is 1. The van der Waals surface area contributed by atoms with Crippen molar-refractivity contribution in [3.05, 3.63) is 95.1 Å². The maximum absolute atomic E-state index is 10.2. The first-order valence-electron chi connectivity index (χ1n) is 13.4. The van der Waals surface area contributed by atoms with Crippen LogP contribution in [0.15, 0.2) is 72.8 Å². The van der Waals surface area contributed by atoms with Crippen LogP contribution in [0.1, 0.15) is 60.8 Å². The number of piperidine rings is 2. The molecule has 0 aromatic heterocycles. The van der Waals surface area contributed by atoms with Crippen molar-refractivity contribution in [1.29, 1.82) is 0 Å². The number of hydrogen-bond acceptors (Lipinski definition) is 3. The predicted molar refractivity (Wildman–Crippen MR) is 146 cm³/mol. The molecular weight excluding hydrogens is 428 g/mol. The van der Waals surface area contributed by atoms with Gasteiger partial charge in [0.2, 0.25) is 0 Å². The van der Waals surface area contributed by atoms with Crippen molar-refractivity contribution in [3.8, 4) is 5.75 Å². The first-order valence-corrected chi connectivity index (χ1v) is 13.4. The van der Waals surface area contributed by atoms with Crippen LogP contribution in [0.25, 0.3) is 11.1 Å². The average molecular weight is 465 g/mol. The Labute approximate surface area is 209 Å². The SMILES string of the molecule is Oc1ccc2c(c1)CCCC(c1ccccc1)=C2c1ccc(N2CCCC3(CCCNC3)C2)cc1. The van der Waals surface area contributed by atoms with Crippen molar-refractivity contribution in [2.24, 2.45) is 5.41 Å². The summed E-state index contributed by atoms with van der Waals surface area (Å²) in [4.78, 5) is 2.62. The Kier molecular flexibility index (Phi) is 6.12. The van der Waals surface area contributed by atoms with Gasteiger partial charge in [0.1, 0.15) is 5.75 Å². The van der Waals surface area contributed by atoms with Crippen LogP contribution in [0.3, 0.4) is 0 Å². The standard InChI is InChI=1S/C32H36N2O/c35-28-15-16-30-26(21-28)9-4-10-29(24-7-2-1-3-8-24)31(30)25-11-13-27(14-12-25)34-20-6-18-32(23-34)17-5-19-33-22-32/h1-3,7-8,11-16,21,33,35H,4-6,9-10,17-20,22-23H2. The Balaban J connectivity index is 1.38. The minimum absolute atomic E-state index is 0.359. The highest BCUT2D eigenvalue weighted by Crippen LogP contribution is 2.42. The lowest BCUT2D eigenvalue weighted by molar-refractivity contribution is 0.173. The van der Waals surface area contributed by atoms with E-state index >= 15 is 0 Å². The Morgan fingerprint density at radius 1 is 0.800 bits per heavy atom. The maximum Gasteiger partial charge on any atom is 0.115 e. The molecule has 2 fully saturated rings. The van der Waals surface area contributed by atoms with Gasteiger partial charge < -0.3 is 15.3 Å². The molecule has 3 aliphatic rings.